The lowest BCUT2D eigenvalue weighted by molar-refractivity contribution is 0.102. The Hall–Kier alpha value is -2.18. The maximum atomic E-state index is 12.7. The van der Waals surface area contributed by atoms with E-state index < -0.39 is 10.0 Å². The number of anilines is 1. The van der Waals surface area contributed by atoms with Crippen LogP contribution in [0, 0.1) is 0 Å². The second-order valence-corrected chi connectivity index (χ2v) is 9.39. The molecule has 2 N–H and O–H groups in total. The molecule has 1 fully saturated rings. The second kappa shape index (κ2) is 6.85. The van der Waals surface area contributed by atoms with Crippen molar-refractivity contribution >= 4 is 21.6 Å². The van der Waals surface area contributed by atoms with E-state index in [2.05, 4.69) is 30.8 Å². The maximum Gasteiger partial charge on any atom is 0.255 e. The van der Waals surface area contributed by atoms with Gasteiger partial charge in [-0.25, -0.2) is 13.1 Å². The van der Waals surface area contributed by atoms with Crippen LogP contribution in [0.2, 0.25) is 0 Å². The average molecular weight is 372 g/mol. The van der Waals surface area contributed by atoms with E-state index in [0.717, 1.165) is 24.1 Å². The molecule has 6 heteroatoms. The lowest BCUT2D eigenvalue weighted by atomic mass is 9.86. The molecule has 26 heavy (non-hydrogen) atoms. The minimum absolute atomic E-state index is 0.0242. The van der Waals surface area contributed by atoms with Gasteiger partial charge in [-0.1, -0.05) is 45.0 Å². The molecule has 0 saturated heterocycles. The van der Waals surface area contributed by atoms with Crippen molar-refractivity contribution in [1.82, 2.24) is 4.72 Å². The summed E-state index contributed by atoms with van der Waals surface area (Å²) in [5.74, 6) is -0.329. The smallest absolute Gasteiger partial charge is 0.255 e. The number of para-hydroxylation sites is 1. The van der Waals surface area contributed by atoms with Crippen LogP contribution in [0.4, 0.5) is 5.69 Å². The summed E-state index contributed by atoms with van der Waals surface area (Å²) < 4.78 is 27.3. The van der Waals surface area contributed by atoms with Crippen LogP contribution in [-0.4, -0.2) is 20.4 Å². The molecule has 0 spiro atoms. The third-order valence-electron chi connectivity index (χ3n) is 4.29. The van der Waals surface area contributed by atoms with Gasteiger partial charge in [-0.3, -0.25) is 4.79 Å². The number of nitrogens with one attached hydrogen (secondary N) is 2. The molecule has 3 rings (SSSR count). The summed E-state index contributed by atoms with van der Waals surface area (Å²) in [6.45, 7) is 6.23. The Morgan fingerprint density at radius 2 is 1.73 bits per heavy atom. The van der Waals surface area contributed by atoms with Crippen LogP contribution in [0.25, 0.3) is 0 Å². The SMILES string of the molecule is CC(C)(C)c1ccccc1NC(=O)c1cccc(S(=O)(=O)NC2CC2)c1. The number of amides is 1. The molecule has 5 nitrogen and oxygen atoms in total. The van der Waals surface area contributed by atoms with Crippen LogP contribution >= 0.6 is 0 Å². The van der Waals surface area contributed by atoms with Crippen molar-refractivity contribution < 1.29 is 13.2 Å². The number of benzene rings is 2. The van der Waals surface area contributed by atoms with E-state index in [1.807, 2.05) is 24.3 Å². The molecule has 1 aliphatic rings. The fraction of sp³-hybridized carbons (Fsp3) is 0.350. The number of rotatable bonds is 5. The zero-order valence-corrected chi connectivity index (χ0v) is 16.1. The van der Waals surface area contributed by atoms with Gasteiger partial charge in [-0.15, -0.1) is 0 Å². The van der Waals surface area contributed by atoms with Crippen molar-refractivity contribution in [2.75, 3.05) is 5.32 Å². The van der Waals surface area contributed by atoms with E-state index in [-0.39, 0.29) is 22.3 Å². The number of hydrogen-bond acceptors (Lipinski definition) is 3. The average Bonchev–Trinajstić information content (AvgIpc) is 3.38. The van der Waals surface area contributed by atoms with Gasteiger partial charge in [-0.05, 0) is 48.1 Å². The predicted molar refractivity (Wildman–Crippen MR) is 103 cm³/mol. The van der Waals surface area contributed by atoms with Gasteiger partial charge in [-0.2, -0.15) is 0 Å². The third kappa shape index (κ3) is 4.31. The first-order valence-corrected chi connectivity index (χ1v) is 10.2. The first kappa shape index (κ1) is 18.6. The highest BCUT2D eigenvalue weighted by atomic mass is 32.2. The monoisotopic (exact) mass is 372 g/mol. The zero-order chi connectivity index (χ0) is 18.9. The van der Waals surface area contributed by atoms with Gasteiger partial charge in [0.2, 0.25) is 10.0 Å². The minimum atomic E-state index is -3.59. The molecule has 2 aromatic carbocycles. The summed E-state index contributed by atoms with van der Waals surface area (Å²) in [6.07, 6.45) is 1.73. The van der Waals surface area contributed by atoms with Gasteiger partial charge in [0, 0.05) is 17.3 Å². The molecule has 2 aromatic rings. The van der Waals surface area contributed by atoms with Crippen molar-refractivity contribution in [1.29, 1.82) is 0 Å². The molecular formula is C20H24N2O3S. The van der Waals surface area contributed by atoms with E-state index in [1.54, 1.807) is 12.1 Å². The third-order valence-corrected chi connectivity index (χ3v) is 5.81. The van der Waals surface area contributed by atoms with Gasteiger partial charge in [0.05, 0.1) is 4.90 Å². The molecule has 0 radical (unpaired) electrons. The Bertz CT molecular complexity index is 926. The summed E-state index contributed by atoms with van der Waals surface area (Å²) in [7, 11) is -3.59. The van der Waals surface area contributed by atoms with Gasteiger partial charge >= 0.3 is 0 Å². The summed E-state index contributed by atoms with van der Waals surface area (Å²) in [4.78, 5) is 12.8. The molecule has 0 heterocycles. The van der Waals surface area contributed by atoms with Crippen molar-refractivity contribution in [3.8, 4) is 0 Å². The van der Waals surface area contributed by atoms with Crippen molar-refractivity contribution in [3.05, 3.63) is 59.7 Å². The summed E-state index contributed by atoms with van der Waals surface area (Å²) >= 11 is 0. The van der Waals surface area contributed by atoms with Crippen LogP contribution < -0.4 is 10.0 Å². The maximum absolute atomic E-state index is 12.7. The van der Waals surface area contributed by atoms with E-state index in [1.165, 1.54) is 12.1 Å². The fourth-order valence-electron chi connectivity index (χ4n) is 2.73. The van der Waals surface area contributed by atoms with Crippen molar-refractivity contribution in [2.24, 2.45) is 0 Å². The molecule has 0 atom stereocenters. The van der Waals surface area contributed by atoms with E-state index in [4.69, 9.17) is 0 Å². The molecular weight excluding hydrogens is 348 g/mol. The second-order valence-electron chi connectivity index (χ2n) is 7.67. The Balaban J connectivity index is 1.84. The van der Waals surface area contributed by atoms with Crippen LogP contribution in [0.5, 0.6) is 0 Å². The lowest BCUT2D eigenvalue weighted by Gasteiger charge is -2.23. The standard InChI is InChI=1S/C20H24N2O3S/c1-20(2,3)17-9-4-5-10-18(17)21-19(23)14-7-6-8-16(13-14)26(24,25)22-15-11-12-15/h4-10,13,15,22H,11-12H2,1-3H3,(H,21,23). The van der Waals surface area contributed by atoms with Crippen molar-refractivity contribution in [3.63, 3.8) is 0 Å². The summed E-state index contributed by atoms with van der Waals surface area (Å²) in [5, 5.41) is 2.91. The largest absolute Gasteiger partial charge is 0.322 e. The molecule has 1 amide bonds. The molecule has 0 bridgehead atoms. The Labute approximate surface area is 154 Å². The molecule has 1 saturated carbocycles. The van der Waals surface area contributed by atoms with E-state index in [0.29, 0.717) is 5.56 Å². The first-order valence-electron chi connectivity index (χ1n) is 8.70. The van der Waals surface area contributed by atoms with Crippen molar-refractivity contribution in [2.45, 2.75) is 50.0 Å². The number of sulfonamides is 1. The van der Waals surface area contributed by atoms with Crippen LogP contribution in [-0.2, 0) is 15.4 Å². The highest BCUT2D eigenvalue weighted by Gasteiger charge is 2.28. The Morgan fingerprint density at radius 3 is 2.38 bits per heavy atom. The first-order chi connectivity index (χ1) is 12.2. The predicted octanol–water partition coefficient (Wildman–Crippen LogP) is 3.68. The fourth-order valence-corrected chi connectivity index (χ4v) is 4.08. The Kier molecular flexibility index (Phi) is 4.90. The number of hydrogen-bond donors (Lipinski definition) is 2. The zero-order valence-electron chi connectivity index (χ0n) is 15.2. The highest BCUT2D eigenvalue weighted by Crippen LogP contribution is 2.29. The quantitative estimate of drug-likeness (QED) is 0.841. The Morgan fingerprint density at radius 1 is 1.04 bits per heavy atom. The lowest BCUT2D eigenvalue weighted by Crippen LogP contribution is -2.26. The molecule has 0 aromatic heterocycles. The summed E-state index contributed by atoms with van der Waals surface area (Å²) in [6, 6.07) is 13.8. The molecule has 0 aliphatic heterocycles. The normalized spacial score (nSPS) is 14.9. The van der Waals surface area contributed by atoms with E-state index in [9.17, 15) is 13.2 Å². The number of carbonyl (C=O) groups is 1. The van der Waals surface area contributed by atoms with Crippen LogP contribution in [0.3, 0.4) is 0 Å². The van der Waals surface area contributed by atoms with Gasteiger partial charge < -0.3 is 5.32 Å². The van der Waals surface area contributed by atoms with E-state index >= 15 is 0 Å². The molecule has 0 unspecified atom stereocenters. The highest BCUT2D eigenvalue weighted by molar-refractivity contribution is 7.89. The number of carbonyl (C=O) groups excluding carboxylic acids is 1. The van der Waals surface area contributed by atoms with Crippen LogP contribution in [0.15, 0.2) is 53.4 Å². The van der Waals surface area contributed by atoms with Crippen LogP contribution in [0.1, 0.15) is 49.5 Å². The topological polar surface area (TPSA) is 75.3 Å². The van der Waals surface area contributed by atoms with Gasteiger partial charge in [0.1, 0.15) is 0 Å². The van der Waals surface area contributed by atoms with Gasteiger partial charge in [0.25, 0.3) is 5.91 Å². The molecule has 1 aliphatic carbocycles. The van der Waals surface area contributed by atoms with Gasteiger partial charge in [0.15, 0.2) is 0 Å². The molecule has 138 valence electrons. The minimum Gasteiger partial charge on any atom is -0.322 e. The summed E-state index contributed by atoms with van der Waals surface area (Å²) in [5.41, 5.74) is 1.94.